The van der Waals surface area contributed by atoms with Gasteiger partial charge in [0, 0.05) is 12.3 Å². The van der Waals surface area contributed by atoms with Crippen LogP contribution in [0, 0.1) is 0 Å². The summed E-state index contributed by atoms with van der Waals surface area (Å²) < 4.78 is 7.29. The fourth-order valence-corrected chi connectivity index (χ4v) is 2.67. The number of aryl methyl sites for hydroxylation is 1. The molecule has 7 nitrogen and oxygen atoms in total. The van der Waals surface area contributed by atoms with E-state index in [1.54, 1.807) is 23.9 Å². The van der Waals surface area contributed by atoms with E-state index in [4.69, 9.17) is 4.74 Å². The second-order valence-electron chi connectivity index (χ2n) is 5.04. The number of anilines is 1. The van der Waals surface area contributed by atoms with Gasteiger partial charge in [-0.3, -0.25) is 10.1 Å². The van der Waals surface area contributed by atoms with Crippen LogP contribution < -0.4 is 10.1 Å². The summed E-state index contributed by atoms with van der Waals surface area (Å²) in [6.07, 6.45) is 1.88. The van der Waals surface area contributed by atoms with Gasteiger partial charge < -0.3 is 4.74 Å². The summed E-state index contributed by atoms with van der Waals surface area (Å²) in [6, 6.07) is 11.4. The molecule has 8 heteroatoms. The van der Waals surface area contributed by atoms with E-state index < -0.39 is 6.10 Å². The van der Waals surface area contributed by atoms with Gasteiger partial charge in [0.25, 0.3) is 5.91 Å². The first-order valence-electron chi connectivity index (χ1n) is 7.56. The molecular weight excluding hydrogens is 326 g/mol. The van der Waals surface area contributed by atoms with Crippen LogP contribution in [0.5, 0.6) is 5.88 Å². The molecule has 2 heterocycles. The quantitative estimate of drug-likeness (QED) is 0.744. The van der Waals surface area contributed by atoms with Crippen LogP contribution >= 0.6 is 11.3 Å². The highest BCUT2D eigenvalue weighted by molar-refractivity contribution is 7.15. The zero-order valence-corrected chi connectivity index (χ0v) is 14.2. The predicted molar refractivity (Wildman–Crippen MR) is 91.6 cm³/mol. The van der Waals surface area contributed by atoms with Crippen molar-refractivity contribution >= 4 is 22.4 Å². The molecular formula is C16H17N5O2S. The largest absolute Gasteiger partial charge is 0.463 e. The molecule has 1 N–H and O–H groups in total. The Morgan fingerprint density at radius 3 is 2.79 bits per heavy atom. The molecule has 0 aliphatic carbocycles. The number of amides is 1. The highest BCUT2D eigenvalue weighted by atomic mass is 32.1. The number of hydrogen-bond acceptors (Lipinski definition) is 6. The van der Waals surface area contributed by atoms with Gasteiger partial charge in [-0.1, -0.05) is 36.5 Å². The minimum atomic E-state index is -0.696. The number of hydrogen-bond donors (Lipinski definition) is 1. The van der Waals surface area contributed by atoms with Crippen molar-refractivity contribution in [3.63, 3.8) is 0 Å². The summed E-state index contributed by atoms with van der Waals surface area (Å²) in [4.78, 5) is 12.2. The Morgan fingerprint density at radius 1 is 1.29 bits per heavy atom. The number of carbonyl (C=O) groups excluding carboxylic acids is 1. The number of aromatic nitrogens is 4. The second kappa shape index (κ2) is 7.22. The average Bonchev–Trinajstić information content (AvgIpc) is 3.25. The van der Waals surface area contributed by atoms with Gasteiger partial charge in [0.2, 0.25) is 11.0 Å². The van der Waals surface area contributed by atoms with Crippen LogP contribution in [-0.2, 0) is 11.2 Å². The van der Waals surface area contributed by atoms with Crippen LogP contribution in [0.15, 0.2) is 42.6 Å². The van der Waals surface area contributed by atoms with Crippen LogP contribution in [0.2, 0.25) is 0 Å². The average molecular weight is 343 g/mol. The first-order chi connectivity index (χ1) is 11.7. The molecule has 1 amide bonds. The summed E-state index contributed by atoms with van der Waals surface area (Å²) in [5.41, 5.74) is 0.922. The number of nitrogens with one attached hydrogen (secondary N) is 1. The maximum atomic E-state index is 12.2. The van der Waals surface area contributed by atoms with E-state index in [0.717, 1.165) is 17.1 Å². The third-order valence-electron chi connectivity index (χ3n) is 3.25. The van der Waals surface area contributed by atoms with E-state index in [2.05, 4.69) is 20.6 Å². The monoisotopic (exact) mass is 343 g/mol. The van der Waals surface area contributed by atoms with Gasteiger partial charge in [-0.15, -0.1) is 15.3 Å². The Bertz CT molecular complexity index is 815. The van der Waals surface area contributed by atoms with E-state index in [1.165, 1.54) is 11.3 Å². The van der Waals surface area contributed by atoms with Gasteiger partial charge in [0.05, 0.1) is 5.69 Å². The van der Waals surface area contributed by atoms with Gasteiger partial charge in [-0.25, -0.2) is 4.68 Å². The molecule has 3 aromatic rings. The molecule has 1 aromatic carbocycles. The third-order valence-corrected chi connectivity index (χ3v) is 4.23. The summed E-state index contributed by atoms with van der Waals surface area (Å²) in [5.74, 6) is 0.0936. The third kappa shape index (κ3) is 3.77. The van der Waals surface area contributed by atoms with Crippen LogP contribution in [0.4, 0.5) is 5.13 Å². The highest BCUT2D eigenvalue weighted by Crippen LogP contribution is 2.17. The fourth-order valence-electron chi connectivity index (χ4n) is 1.98. The van der Waals surface area contributed by atoms with Crippen LogP contribution in [0.3, 0.4) is 0 Å². The number of ether oxygens (including phenoxy) is 1. The van der Waals surface area contributed by atoms with Crippen molar-refractivity contribution in [3.05, 3.63) is 47.6 Å². The molecule has 124 valence electrons. The fraction of sp³-hybridized carbons (Fsp3) is 0.250. The van der Waals surface area contributed by atoms with E-state index >= 15 is 0 Å². The Hall–Kier alpha value is -2.74. The molecule has 0 radical (unpaired) electrons. The van der Waals surface area contributed by atoms with E-state index in [9.17, 15) is 4.79 Å². The Kier molecular flexibility index (Phi) is 4.85. The van der Waals surface area contributed by atoms with Crippen molar-refractivity contribution in [3.8, 4) is 11.6 Å². The van der Waals surface area contributed by atoms with Crippen molar-refractivity contribution < 1.29 is 9.53 Å². The predicted octanol–water partition coefficient (Wildman–Crippen LogP) is 2.69. The molecule has 0 fully saturated rings. The molecule has 2 aromatic heterocycles. The molecule has 0 saturated heterocycles. The Morgan fingerprint density at radius 2 is 2.08 bits per heavy atom. The molecule has 0 spiro atoms. The number of para-hydroxylation sites is 1. The summed E-state index contributed by atoms with van der Waals surface area (Å²) in [7, 11) is 0. The lowest BCUT2D eigenvalue weighted by Crippen LogP contribution is -2.30. The maximum absolute atomic E-state index is 12.2. The molecule has 0 aliphatic rings. The summed E-state index contributed by atoms with van der Waals surface area (Å²) >= 11 is 1.36. The molecule has 0 saturated carbocycles. The van der Waals surface area contributed by atoms with Crippen molar-refractivity contribution in [1.82, 2.24) is 20.0 Å². The van der Waals surface area contributed by atoms with Crippen LogP contribution in [-0.4, -0.2) is 32.0 Å². The van der Waals surface area contributed by atoms with Crippen LogP contribution in [0.1, 0.15) is 18.9 Å². The van der Waals surface area contributed by atoms with Crippen LogP contribution in [0.25, 0.3) is 5.69 Å². The smallest absolute Gasteiger partial charge is 0.267 e. The summed E-state index contributed by atoms with van der Waals surface area (Å²) in [5, 5.41) is 16.3. The molecule has 3 rings (SSSR count). The van der Waals surface area contributed by atoms with E-state index in [0.29, 0.717) is 11.0 Å². The molecule has 0 aliphatic heterocycles. The van der Waals surface area contributed by atoms with E-state index in [1.807, 2.05) is 37.3 Å². The first kappa shape index (κ1) is 16.1. The topological polar surface area (TPSA) is 81.9 Å². The zero-order valence-electron chi connectivity index (χ0n) is 13.3. The first-order valence-corrected chi connectivity index (χ1v) is 8.38. The zero-order chi connectivity index (χ0) is 16.9. The number of rotatable bonds is 6. The van der Waals surface area contributed by atoms with Gasteiger partial charge in [-0.2, -0.15) is 0 Å². The van der Waals surface area contributed by atoms with Gasteiger partial charge >= 0.3 is 0 Å². The van der Waals surface area contributed by atoms with Gasteiger partial charge in [0.15, 0.2) is 6.10 Å². The molecule has 1 unspecified atom stereocenters. The van der Waals surface area contributed by atoms with E-state index in [-0.39, 0.29) is 5.91 Å². The van der Waals surface area contributed by atoms with Gasteiger partial charge in [-0.05, 0) is 25.5 Å². The standard InChI is InChI=1S/C16H17N5O2S/c1-3-14-18-19-16(24-14)17-15(22)11(2)23-13-9-10-21(20-13)12-7-5-4-6-8-12/h4-11H,3H2,1-2H3,(H,17,19,22). The maximum Gasteiger partial charge on any atom is 0.267 e. The summed E-state index contributed by atoms with van der Waals surface area (Å²) in [6.45, 7) is 3.65. The lowest BCUT2D eigenvalue weighted by atomic mass is 10.3. The van der Waals surface area contributed by atoms with Crippen molar-refractivity contribution in [2.24, 2.45) is 0 Å². The molecule has 0 bridgehead atoms. The minimum absolute atomic E-state index is 0.289. The van der Waals surface area contributed by atoms with Crippen molar-refractivity contribution in [2.75, 3.05) is 5.32 Å². The van der Waals surface area contributed by atoms with Crippen molar-refractivity contribution in [1.29, 1.82) is 0 Å². The Balaban J connectivity index is 1.61. The Labute approximate surface area is 143 Å². The molecule has 1 atom stereocenters. The molecule has 24 heavy (non-hydrogen) atoms. The second-order valence-corrected chi connectivity index (χ2v) is 6.10. The lowest BCUT2D eigenvalue weighted by Gasteiger charge is -2.11. The number of benzene rings is 1. The number of nitrogens with zero attached hydrogens (tertiary/aromatic N) is 4. The van der Waals surface area contributed by atoms with Gasteiger partial charge in [0.1, 0.15) is 5.01 Å². The SMILES string of the molecule is CCc1nnc(NC(=O)C(C)Oc2ccn(-c3ccccc3)n2)s1. The minimum Gasteiger partial charge on any atom is -0.463 e. The lowest BCUT2D eigenvalue weighted by molar-refractivity contribution is -0.122. The van der Waals surface area contributed by atoms with Crippen molar-refractivity contribution in [2.45, 2.75) is 26.4 Å². The number of carbonyl (C=O) groups is 1. The highest BCUT2D eigenvalue weighted by Gasteiger charge is 2.18. The normalized spacial score (nSPS) is 11.9.